The van der Waals surface area contributed by atoms with E-state index in [0.29, 0.717) is 11.5 Å². The number of ether oxygens (including phenoxy) is 1. The number of nitrogens with zero attached hydrogens (tertiary/aromatic N) is 2. The van der Waals surface area contributed by atoms with Crippen molar-refractivity contribution in [3.63, 3.8) is 0 Å². The van der Waals surface area contributed by atoms with Crippen LogP contribution < -0.4 is 9.64 Å². The molecule has 2 aliphatic rings. The maximum atomic E-state index is 13.6. The zero-order valence-corrected chi connectivity index (χ0v) is 23.6. The van der Waals surface area contributed by atoms with Crippen molar-refractivity contribution in [3.8, 4) is 11.5 Å². The van der Waals surface area contributed by atoms with E-state index in [4.69, 9.17) is 4.74 Å². The lowest BCUT2D eigenvalue weighted by Crippen LogP contribution is -2.47. The zero-order chi connectivity index (χ0) is 28.6. The molecule has 0 spiro atoms. The fourth-order valence-electron chi connectivity index (χ4n) is 6.13. The quantitative estimate of drug-likeness (QED) is 0.247. The Hall–Kier alpha value is -4.10. The molecule has 212 valence electrons. The molecule has 6 rings (SSSR count). The molecule has 0 amide bonds. The Morgan fingerprint density at radius 2 is 1.78 bits per heavy atom. The van der Waals surface area contributed by atoms with Crippen LogP contribution in [0.5, 0.6) is 11.5 Å². The van der Waals surface area contributed by atoms with Gasteiger partial charge in [0.25, 0.3) is 0 Å². The van der Waals surface area contributed by atoms with Crippen LogP contribution in [-0.2, 0) is 0 Å². The molecular weight excluding hydrogens is 517 g/mol. The van der Waals surface area contributed by atoms with Crippen molar-refractivity contribution >= 4 is 28.1 Å². The number of piperazine rings is 1. The number of aromatic nitrogens is 1. The number of fused-ring (bicyclic) bond motifs is 1. The number of halogens is 1. The summed E-state index contributed by atoms with van der Waals surface area (Å²) in [6.07, 6.45) is 5.06. The predicted molar refractivity (Wildman–Crippen MR) is 161 cm³/mol. The fraction of sp³-hybridized carbons (Fsp3) is 0.324. The van der Waals surface area contributed by atoms with Crippen LogP contribution in [0.25, 0.3) is 16.5 Å². The van der Waals surface area contributed by atoms with Crippen LogP contribution in [0.1, 0.15) is 49.0 Å². The zero-order valence-electron chi connectivity index (χ0n) is 23.6. The van der Waals surface area contributed by atoms with E-state index in [2.05, 4.69) is 28.6 Å². The minimum atomic E-state index is -1.02. The third-order valence-electron chi connectivity index (χ3n) is 8.50. The molecule has 4 aromatic rings. The lowest BCUT2D eigenvalue weighted by molar-refractivity contribution is 0.0694. The summed E-state index contributed by atoms with van der Waals surface area (Å²) in [6.45, 7) is 9.04. The van der Waals surface area contributed by atoms with Crippen LogP contribution in [0.4, 0.5) is 10.1 Å². The van der Waals surface area contributed by atoms with E-state index in [1.165, 1.54) is 11.1 Å². The molecule has 0 radical (unpaired) electrons. The number of nitrogens with one attached hydrogen (secondary N) is 1. The molecular formula is C34H36FN3O3. The van der Waals surface area contributed by atoms with Crippen molar-refractivity contribution in [2.45, 2.75) is 33.1 Å². The van der Waals surface area contributed by atoms with Crippen LogP contribution in [0, 0.1) is 11.2 Å². The Bertz CT molecular complexity index is 1600. The highest BCUT2D eigenvalue weighted by atomic mass is 19.1. The van der Waals surface area contributed by atoms with E-state index in [0.717, 1.165) is 74.1 Å². The van der Waals surface area contributed by atoms with Crippen molar-refractivity contribution < 1.29 is 19.0 Å². The van der Waals surface area contributed by atoms with Crippen molar-refractivity contribution in [1.29, 1.82) is 0 Å². The summed E-state index contributed by atoms with van der Waals surface area (Å²) >= 11 is 0. The number of aromatic amines is 1. The minimum Gasteiger partial charge on any atom is -0.478 e. The molecule has 1 aliphatic carbocycles. The third kappa shape index (κ3) is 5.86. The first-order valence-electron chi connectivity index (χ1n) is 14.3. The van der Waals surface area contributed by atoms with Crippen LogP contribution in [-0.4, -0.2) is 53.7 Å². The molecule has 1 aromatic heterocycles. The summed E-state index contributed by atoms with van der Waals surface area (Å²) in [7, 11) is 0. The van der Waals surface area contributed by atoms with Crippen LogP contribution in [0.3, 0.4) is 0 Å². The highest BCUT2D eigenvalue weighted by molar-refractivity contribution is 5.92. The average molecular weight is 554 g/mol. The summed E-state index contributed by atoms with van der Waals surface area (Å²) in [5.74, 6) is -0.258. The molecule has 1 aliphatic heterocycles. The minimum absolute atomic E-state index is 0.139. The number of H-pyrrole nitrogens is 1. The van der Waals surface area contributed by atoms with Crippen LogP contribution >= 0.6 is 0 Å². The number of hydrogen-bond donors (Lipinski definition) is 2. The van der Waals surface area contributed by atoms with Gasteiger partial charge < -0.3 is 19.7 Å². The summed E-state index contributed by atoms with van der Waals surface area (Å²) < 4.78 is 19.8. The summed E-state index contributed by atoms with van der Waals surface area (Å²) in [5, 5.41) is 10.7. The summed E-state index contributed by atoms with van der Waals surface area (Å²) in [4.78, 5) is 20.0. The Kier molecular flexibility index (Phi) is 7.30. The number of carbonyl (C=O) groups is 1. The second kappa shape index (κ2) is 11.1. The van der Waals surface area contributed by atoms with E-state index in [-0.39, 0.29) is 16.8 Å². The molecule has 41 heavy (non-hydrogen) atoms. The monoisotopic (exact) mass is 553 g/mol. The third-order valence-corrected chi connectivity index (χ3v) is 8.50. The molecule has 1 fully saturated rings. The van der Waals surface area contributed by atoms with E-state index in [9.17, 15) is 14.3 Å². The van der Waals surface area contributed by atoms with Gasteiger partial charge in [-0.15, -0.1) is 0 Å². The maximum absolute atomic E-state index is 13.6. The van der Waals surface area contributed by atoms with Gasteiger partial charge in [0, 0.05) is 61.6 Å². The Balaban J connectivity index is 1.18. The van der Waals surface area contributed by atoms with Crippen LogP contribution in [0.2, 0.25) is 0 Å². The number of hydrogen-bond acceptors (Lipinski definition) is 4. The van der Waals surface area contributed by atoms with E-state index < -0.39 is 5.97 Å². The van der Waals surface area contributed by atoms with Gasteiger partial charge in [-0.25, -0.2) is 9.18 Å². The van der Waals surface area contributed by atoms with Gasteiger partial charge in [-0.05, 0) is 78.3 Å². The Morgan fingerprint density at radius 1 is 1.00 bits per heavy atom. The highest BCUT2D eigenvalue weighted by Gasteiger charge is 2.29. The lowest BCUT2D eigenvalue weighted by atomic mass is 9.72. The predicted octanol–water partition coefficient (Wildman–Crippen LogP) is 7.58. The SMILES string of the molecule is CC1(C)CCC(CN2CCN(c3ccc(C(=O)O)c(Oc4cccc5[nH]ccc45)c3)CC2)=C(c2ccc(F)cc2)C1. The average Bonchev–Trinajstić information content (AvgIpc) is 3.45. The number of aromatic carboxylic acids is 1. The molecule has 3 aromatic carbocycles. The standard InChI is InChI=1S/C34H36FN3O3/c1-34(2)14-12-24(29(21-34)23-6-8-25(35)9-7-23)22-37-16-18-38(19-17-37)26-10-11-28(33(39)40)32(20-26)41-31-5-3-4-30-27(31)13-15-36-30/h3-11,13,15,20,36H,12,14,16-19,21-22H2,1-2H3,(H,39,40). The first-order chi connectivity index (χ1) is 19.8. The Morgan fingerprint density at radius 3 is 2.54 bits per heavy atom. The maximum Gasteiger partial charge on any atom is 0.339 e. The first-order valence-corrected chi connectivity index (χ1v) is 14.3. The number of rotatable bonds is 7. The smallest absolute Gasteiger partial charge is 0.339 e. The van der Waals surface area contributed by atoms with Crippen LogP contribution in [0.15, 0.2) is 78.5 Å². The summed E-state index contributed by atoms with van der Waals surface area (Å²) in [5.41, 5.74) is 6.23. The van der Waals surface area contributed by atoms with Gasteiger partial charge in [0.2, 0.25) is 0 Å². The molecule has 0 bridgehead atoms. The summed E-state index contributed by atoms with van der Waals surface area (Å²) in [6, 6.07) is 20.0. The van der Waals surface area contributed by atoms with Gasteiger partial charge in [-0.1, -0.05) is 37.6 Å². The number of benzene rings is 3. The molecule has 0 unspecified atom stereocenters. The second-order valence-corrected chi connectivity index (χ2v) is 12.0. The fourth-order valence-corrected chi connectivity index (χ4v) is 6.13. The largest absolute Gasteiger partial charge is 0.478 e. The molecule has 1 saturated heterocycles. The van der Waals surface area contributed by atoms with E-state index in [1.807, 2.05) is 54.7 Å². The van der Waals surface area contributed by atoms with Gasteiger partial charge in [0.15, 0.2) is 0 Å². The van der Waals surface area contributed by atoms with Gasteiger partial charge >= 0.3 is 5.97 Å². The topological polar surface area (TPSA) is 68.8 Å². The molecule has 6 nitrogen and oxygen atoms in total. The molecule has 2 N–H and O–H groups in total. The van der Waals surface area contributed by atoms with E-state index in [1.54, 1.807) is 18.2 Å². The van der Waals surface area contributed by atoms with Gasteiger partial charge in [0.1, 0.15) is 22.9 Å². The number of anilines is 1. The highest BCUT2D eigenvalue weighted by Crippen LogP contribution is 2.43. The van der Waals surface area contributed by atoms with Gasteiger partial charge in [-0.2, -0.15) is 0 Å². The second-order valence-electron chi connectivity index (χ2n) is 12.0. The molecule has 2 heterocycles. The number of allylic oxidation sites excluding steroid dienone is 1. The molecule has 0 atom stereocenters. The lowest BCUT2D eigenvalue weighted by Gasteiger charge is -2.39. The molecule has 0 saturated carbocycles. The van der Waals surface area contributed by atoms with Gasteiger partial charge in [0.05, 0.1) is 0 Å². The number of carboxylic acid groups (broad SMARTS) is 1. The molecule has 7 heteroatoms. The Labute approximate surface area is 240 Å². The van der Waals surface area contributed by atoms with Crippen molar-refractivity contribution in [2.24, 2.45) is 5.41 Å². The van der Waals surface area contributed by atoms with Gasteiger partial charge in [-0.3, -0.25) is 4.90 Å². The van der Waals surface area contributed by atoms with Crippen molar-refractivity contribution in [2.75, 3.05) is 37.6 Å². The van der Waals surface area contributed by atoms with E-state index >= 15 is 0 Å². The number of carboxylic acids is 1. The van der Waals surface area contributed by atoms with Crippen molar-refractivity contribution in [1.82, 2.24) is 9.88 Å². The van der Waals surface area contributed by atoms with Crippen molar-refractivity contribution in [3.05, 3.63) is 95.4 Å². The normalized spacial score (nSPS) is 17.7. The first kappa shape index (κ1) is 27.1.